The van der Waals surface area contributed by atoms with Gasteiger partial charge in [-0.1, -0.05) is 13.0 Å². The summed E-state index contributed by atoms with van der Waals surface area (Å²) in [5, 5.41) is 12.4. The molecule has 0 amide bonds. The average molecular weight is 472 g/mol. The molecule has 1 aromatic carbocycles. The maximum Gasteiger partial charge on any atom is 0.501 e. The molecule has 2 aromatic heterocycles. The Kier molecular flexibility index (Phi) is 5.36. The van der Waals surface area contributed by atoms with Crippen molar-refractivity contribution in [2.24, 2.45) is 0 Å². The summed E-state index contributed by atoms with van der Waals surface area (Å²) < 4.78 is 87.4. The Morgan fingerprint density at radius 3 is 2.39 bits per heavy atom. The van der Waals surface area contributed by atoms with Gasteiger partial charge >= 0.3 is 5.51 Å². The second kappa shape index (κ2) is 7.43. The molecule has 9 nitrogen and oxygen atoms in total. The highest BCUT2D eigenvalue weighted by Crippen LogP contribution is 2.31. The van der Waals surface area contributed by atoms with Crippen LogP contribution in [0.15, 0.2) is 51.2 Å². The molecule has 0 aliphatic heterocycles. The molecule has 0 aliphatic rings. The molecule has 0 bridgehead atoms. The summed E-state index contributed by atoms with van der Waals surface area (Å²) in [5.74, 6) is -0.871. The lowest BCUT2D eigenvalue weighted by Crippen LogP contribution is -2.26. The fourth-order valence-electron chi connectivity index (χ4n) is 2.61. The van der Waals surface area contributed by atoms with Crippen LogP contribution in [-0.2, 0) is 19.7 Å². The van der Waals surface area contributed by atoms with Crippen molar-refractivity contribution in [3.05, 3.63) is 52.6 Å². The Labute approximate surface area is 173 Å². The highest BCUT2D eigenvalue weighted by atomic mass is 32.2. The first-order valence-corrected chi connectivity index (χ1v) is 11.4. The fourth-order valence-corrected chi connectivity index (χ4v) is 4.44. The van der Waals surface area contributed by atoms with E-state index in [1.165, 1.54) is 6.92 Å². The maximum absolute atomic E-state index is 12.9. The second-order valence-corrected chi connectivity index (χ2v) is 10.3. The zero-order chi connectivity index (χ0) is 23.2. The molecule has 3 aromatic rings. The number of rotatable bonds is 4. The molecule has 0 unspecified atom stereocenters. The predicted molar refractivity (Wildman–Crippen MR) is 101 cm³/mol. The number of pyridine rings is 1. The van der Waals surface area contributed by atoms with E-state index in [9.17, 15) is 34.8 Å². The molecule has 14 heteroatoms. The van der Waals surface area contributed by atoms with Crippen molar-refractivity contribution < 1.29 is 30.0 Å². The number of aromatic nitrogens is 3. The highest BCUT2D eigenvalue weighted by Gasteiger charge is 2.47. The summed E-state index contributed by atoms with van der Waals surface area (Å²) in [6, 6.07) is 4.90. The van der Waals surface area contributed by atoms with Gasteiger partial charge in [-0.2, -0.15) is 28.2 Å². The molecular formula is C17H11F3N4O5S2. The van der Waals surface area contributed by atoms with Crippen molar-refractivity contribution >= 4 is 30.4 Å². The first-order valence-electron chi connectivity index (χ1n) is 8.30. The zero-order valence-corrected chi connectivity index (χ0v) is 17.1. The van der Waals surface area contributed by atoms with Crippen molar-refractivity contribution in [2.75, 3.05) is 5.75 Å². The van der Waals surface area contributed by atoms with Gasteiger partial charge in [-0.25, -0.2) is 21.8 Å². The molecule has 0 saturated carbocycles. The lowest BCUT2D eigenvalue weighted by atomic mass is 10.2. The van der Waals surface area contributed by atoms with Crippen LogP contribution in [0, 0.1) is 11.3 Å². The lowest BCUT2D eigenvalue weighted by Gasteiger charge is -2.12. The molecule has 2 heterocycles. The summed E-state index contributed by atoms with van der Waals surface area (Å²) in [6.45, 7) is 1.32. The molecule has 0 N–H and O–H groups in total. The molecule has 0 aliphatic carbocycles. The van der Waals surface area contributed by atoms with E-state index in [2.05, 4.69) is 10.1 Å². The normalized spacial score (nSPS) is 12.6. The van der Waals surface area contributed by atoms with Gasteiger partial charge < -0.3 is 0 Å². The van der Waals surface area contributed by atoms with Crippen LogP contribution in [0.25, 0.3) is 16.6 Å². The van der Waals surface area contributed by atoms with Crippen LogP contribution in [0.4, 0.5) is 13.2 Å². The van der Waals surface area contributed by atoms with Crippen molar-refractivity contribution in [2.45, 2.75) is 22.2 Å². The van der Waals surface area contributed by atoms with Gasteiger partial charge in [-0.15, -0.1) is 0 Å². The van der Waals surface area contributed by atoms with Crippen LogP contribution in [-0.4, -0.2) is 42.9 Å². The van der Waals surface area contributed by atoms with E-state index in [0.29, 0.717) is 16.8 Å². The van der Waals surface area contributed by atoms with Crippen LogP contribution in [0.2, 0.25) is 0 Å². The van der Waals surface area contributed by atoms with Crippen LogP contribution in [0.3, 0.4) is 0 Å². The van der Waals surface area contributed by atoms with Gasteiger partial charge in [0.25, 0.3) is 15.4 Å². The molecule has 0 fully saturated rings. The summed E-state index contributed by atoms with van der Waals surface area (Å²) in [7, 11) is -9.71. The second-order valence-electron chi connectivity index (χ2n) is 6.12. The monoisotopic (exact) mass is 472 g/mol. The number of fused-ring (bicyclic) bond motifs is 1. The minimum absolute atomic E-state index is 0.0240. The maximum atomic E-state index is 12.9. The van der Waals surface area contributed by atoms with Gasteiger partial charge in [0.1, 0.15) is 11.0 Å². The minimum atomic E-state index is -5.72. The molecule has 162 valence electrons. The Bertz CT molecular complexity index is 1520. The smallest absolute Gasteiger partial charge is 0.267 e. The largest absolute Gasteiger partial charge is 0.501 e. The number of nitrogens with zero attached hydrogens (tertiary/aromatic N) is 4. The number of hydrogen-bond acceptors (Lipinski definition) is 8. The number of nitriles is 1. The van der Waals surface area contributed by atoms with Crippen molar-refractivity contribution in [1.29, 1.82) is 5.26 Å². The predicted octanol–water partition coefficient (Wildman–Crippen LogP) is 1.74. The van der Waals surface area contributed by atoms with Crippen molar-refractivity contribution in [1.82, 2.24) is 14.8 Å². The number of sulfone groups is 2. The van der Waals surface area contributed by atoms with E-state index in [1.807, 2.05) is 0 Å². The van der Waals surface area contributed by atoms with Gasteiger partial charge in [0.15, 0.2) is 15.7 Å². The summed E-state index contributed by atoms with van der Waals surface area (Å²) in [5.41, 5.74) is -6.78. The van der Waals surface area contributed by atoms with Crippen molar-refractivity contribution in [3.63, 3.8) is 0 Å². The first-order chi connectivity index (χ1) is 14.3. The van der Waals surface area contributed by atoms with E-state index in [0.717, 1.165) is 24.5 Å². The molecule has 0 spiro atoms. The zero-order valence-electron chi connectivity index (χ0n) is 15.5. The molecular weight excluding hydrogens is 461 g/mol. The number of alkyl halides is 3. The minimum Gasteiger partial charge on any atom is -0.267 e. The van der Waals surface area contributed by atoms with E-state index in [4.69, 9.17) is 5.26 Å². The summed E-state index contributed by atoms with van der Waals surface area (Å²) in [4.78, 5) is 15.1. The number of hydrogen-bond donors (Lipinski definition) is 0. The standard InChI is InChI=1S/C17H11F3N4O5S2/c1-2-30(26,27)14-5-10(7-21)8-22-15(14)24-16(25)13-6-12(4-3-11(13)9-23-24)31(28,29)17(18,19)20/h3-6,8-9H,2H2,1H3. The quantitative estimate of drug-likeness (QED) is 0.559. The van der Waals surface area contributed by atoms with Crippen LogP contribution in [0.1, 0.15) is 12.5 Å². The van der Waals surface area contributed by atoms with Crippen LogP contribution in [0.5, 0.6) is 0 Å². The van der Waals surface area contributed by atoms with Gasteiger partial charge in [-0.3, -0.25) is 4.79 Å². The van der Waals surface area contributed by atoms with Gasteiger partial charge in [-0.05, 0) is 18.2 Å². The Morgan fingerprint density at radius 1 is 1.13 bits per heavy atom. The van der Waals surface area contributed by atoms with E-state index in [1.54, 1.807) is 6.07 Å². The first kappa shape index (κ1) is 22.4. The number of benzene rings is 1. The van der Waals surface area contributed by atoms with Crippen molar-refractivity contribution in [3.8, 4) is 11.9 Å². The van der Waals surface area contributed by atoms with Gasteiger partial charge in [0.2, 0.25) is 0 Å². The third-order valence-corrected chi connectivity index (χ3v) is 7.47. The molecule has 0 radical (unpaired) electrons. The Hall–Kier alpha value is -3.31. The average Bonchev–Trinajstić information content (AvgIpc) is 2.72. The molecule has 0 saturated heterocycles. The van der Waals surface area contributed by atoms with E-state index < -0.39 is 57.5 Å². The third kappa shape index (κ3) is 3.77. The summed E-state index contributed by atoms with van der Waals surface area (Å²) >= 11 is 0. The van der Waals surface area contributed by atoms with Gasteiger partial charge in [0, 0.05) is 11.6 Å². The third-order valence-electron chi connectivity index (χ3n) is 4.25. The lowest BCUT2D eigenvalue weighted by molar-refractivity contribution is -0.0435. The van der Waals surface area contributed by atoms with Crippen LogP contribution >= 0.6 is 0 Å². The topological polar surface area (TPSA) is 140 Å². The SMILES string of the molecule is CCS(=O)(=O)c1cc(C#N)cnc1-n1ncc2ccc(S(=O)(=O)C(F)(F)F)cc2c1=O. The van der Waals surface area contributed by atoms with Gasteiger partial charge in [0.05, 0.1) is 27.8 Å². The fraction of sp³-hybridized carbons (Fsp3) is 0.176. The summed E-state index contributed by atoms with van der Waals surface area (Å²) in [6.07, 6.45) is 2.04. The molecule has 31 heavy (non-hydrogen) atoms. The van der Waals surface area contributed by atoms with E-state index in [-0.39, 0.29) is 10.9 Å². The molecule has 0 atom stereocenters. The highest BCUT2D eigenvalue weighted by molar-refractivity contribution is 7.92. The Balaban J connectivity index is 2.35. The Morgan fingerprint density at radius 2 is 1.81 bits per heavy atom. The number of halogens is 3. The molecule has 3 rings (SSSR count). The van der Waals surface area contributed by atoms with E-state index >= 15 is 0 Å². The van der Waals surface area contributed by atoms with Crippen LogP contribution < -0.4 is 5.56 Å².